The number of halogens is 1. The quantitative estimate of drug-likeness (QED) is 0.259. The highest BCUT2D eigenvalue weighted by molar-refractivity contribution is 8.00. The van der Waals surface area contributed by atoms with Crippen molar-refractivity contribution in [1.29, 1.82) is 0 Å². The average Bonchev–Trinajstić information content (AvgIpc) is 3.42. The van der Waals surface area contributed by atoms with Crippen molar-refractivity contribution in [2.45, 2.75) is 76.1 Å². The van der Waals surface area contributed by atoms with Gasteiger partial charge in [0.05, 0.1) is 17.7 Å². The number of aromatic nitrogens is 1. The number of thioether (sulfide) groups is 1. The second kappa shape index (κ2) is 11.6. The Labute approximate surface area is 246 Å². The number of carboxylic acids is 1. The van der Waals surface area contributed by atoms with Gasteiger partial charge in [-0.2, -0.15) is 4.31 Å². The van der Waals surface area contributed by atoms with Gasteiger partial charge in [-0.25, -0.2) is 8.42 Å². The molecule has 0 amide bonds. The van der Waals surface area contributed by atoms with Crippen LogP contribution < -0.4 is 4.74 Å². The van der Waals surface area contributed by atoms with Crippen molar-refractivity contribution >= 4 is 50.3 Å². The van der Waals surface area contributed by atoms with Crippen molar-refractivity contribution in [1.82, 2.24) is 8.87 Å². The van der Waals surface area contributed by atoms with Gasteiger partial charge in [0.25, 0.3) is 0 Å². The Bertz CT molecular complexity index is 1490. The van der Waals surface area contributed by atoms with Gasteiger partial charge in [-0.15, -0.1) is 11.8 Å². The van der Waals surface area contributed by atoms with Gasteiger partial charge in [0.1, 0.15) is 12.4 Å². The van der Waals surface area contributed by atoms with E-state index in [-0.39, 0.29) is 17.4 Å². The van der Waals surface area contributed by atoms with Crippen LogP contribution in [0.25, 0.3) is 10.9 Å². The van der Waals surface area contributed by atoms with Crippen LogP contribution in [-0.2, 0) is 27.8 Å². The van der Waals surface area contributed by atoms with E-state index < -0.39 is 21.4 Å². The van der Waals surface area contributed by atoms with E-state index in [0.717, 1.165) is 39.9 Å². The number of rotatable bonds is 10. The number of aliphatic carboxylic acids is 1. The normalized spacial score (nSPS) is 17.0. The maximum absolute atomic E-state index is 12.2. The van der Waals surface area contributed by atoms with Crippen LogP contribution in [0, 0.1) is 5.41 Å². The fraction of sp³-hybridized carbons (Fsp3) is 0.500. The minimum absolute atomic E-state index is 0.127. The molecule has 0 aliphatic carbocycles. The first-order chi connectivity index (χ1) is 18.5. The molecule has 1 aliphatic heterocycles. The molecule has 0 spiro atoms. The van der Waals surface area contributed by atoms with Gasteiger partial charge in [-0.3, -0.25) is 4.79 Å². The molecule has 4 rings (SSSR count). The van der Waals surface area contributed by atoms with E-state index >= 15 is 0 Å². The molecule has 1 saturated heterocycles. The first-order valence-corrected chi connectivity index (χ1v) is 16.5. The molecule has 0 unspecified atom stereocenters. The lowest BCUT2D eigenvalue weighted by Crippen LogP contribution is -2.38. The molecule has 1 aliphatic rings. The average molecular weight is 607 g/mol. The molecule has 40 heavy (non-hydrogen) atoms. The molecule has 10 heteroatoms. The van der Waals surface area contributed by atoms with Crippen LogP contribution >= 0.6 is 23.4 Å². The van der Waals surface area contributed by atoms with Crippen molar-refractivity contribution in [3.8, 4) is 5.75 Å². The Morgan fingerprint density at radius 3 is 2.40 bits per heavy atom. The van der Waals surface area contributed by atoms with E-state index in [2.05, 4.69) is 25.3 Å². The Morgan fingerprint density at radius 1 is 1.12 bits per heavy atom. The fourth-order valence-electron chi connectivity index (χ4n) is 5.09. The lowest BCUT2D eigenvalue weighted by Gasteiger charge is -2.24. The van der Waals surface area contributed by atoms with Crippen LogP contribution in [0.4, 0.5) is 0 Å². The van der Waals surface area contributed by atoms with E-state index in [1.165, 1.54) is 10.6 Å². The minimum Gasteiger partial charge on any atom is -0.492 e. The van der Waals surface area contributed by atoms with E-state index in [0.29, 0.717) is 30.3 Å². The monoisotopic (exact) mass is 606 g/mol. The number of ether oxygens (including phenoxy) is 1. The number of hydrogen-bond donors (Lipinski definition) is 1. The highest BCUT2D eigenvalue weighted by Crippen LogP contribution is 2.44. The maximum Gasteiger partial charge on any atom is 0.309 e. The number of sulfonamides is 1. The summed E-state index contributed by atoms with van der Waals surface area (Å²) in [6.07, 6.45) is 3.19. The number of fused-ring (bicyclic) bond motifs is 1. The fourth-order valence-corrected chi connectivity index (χ4v) is 7.57. The summed E-state index contributed by atoms with van der Waals surface area (Å²) in [7, 11) is -3.29. The molecule has 1 atom stereocenters. The van der Waals surface area contributed by atoms with Gasteiger partial charge >= 0.3 is 5.97 Å². The summed E-state index contributed by atoms with van der Waals surface area (Å²) in [4.78, 5) is 13.2. The van der Waals surface area contributed by atoms with Crippen LogP contribution in [0.1, 0.15) is 58.7 Å². The minimum atomic E-state index is -3.29. The molecule has 0 saturated carbocycles. The highest BCUT2D eigenvalue weighted by atomic mass is 35.5. The largest absolute Gasteiger partial charge is 0.492 e. The van der Waals surface area contributed by atoms with Gasteiger partial charge in [-0.1, -0.05) is 44.5 Å². The summed E-state index contributed by atoms with van der Waals surface area (Å²) in [5, 5.41) is 11.7. The number of carbonyl (C=O) groups is 1. The molecule has 7 nitrogen and oxygen atoms in total. The van der Waals surface area contributed by atoms with Crippen LogP contribution in [-0.4, -0.2) is 58.6 Å². The topological polar surface area (TPSA) is 88.8 Å². The van der Waals surface area contributed by atoms with Gasteiger partial charge in [0.15, 0.2) is 0 Å². The number of benzene rings is 2. The van der Waals surface area contributed by atoms with Crippen LogP contribution in [0.5, 0.6) is 5.75 Å². The third-order valence-corrected chi connectivity index (χ3v) is 9.99. The van der Waals surface area contributed by atoms with Crippen LogP contribution in [0.2, 0.25) is 5.02 Å². The number of hydrogen-bond acceptors (Lipinski definition) is 5. The first-order valence-electron chi connectivity index (χ1n) is 13.5. The van der Waals surface area contributed by atoms with Gasteiger partial charge in [0, 0.05) is 50.8 Å². The summed E-state index contributed by atoms with van der Waals surface area (Å²) in [6.45, 7) is 11.3. The van der Waals surface area contributed by atoms with Crippen molar-refractivity contribution < 1.29 is 23.1 Å². The number of nitrogens with zero attached hydrogens (tertiary/aromatic N) is 2. The van der Waals surface area contributed by atoms with Gasteiger partial charge < -0.3 is 14.4 Å². The smallest absolute Gasteiger partial charge is 0.309 e. The van der Waals surface area contributed by atoms with E-state index in [9.17, 15) is 18.3 Å². The summed E-state index contributed by atoms with van der Waals surface area (Å²) in [5.41, 5.74) is 2.04. The molecule has 1 fully saturated rings. The second-order valence-corrected chi connectivity index (χ2v) is 16.4. The zero-order chi connectivity index (χ0) is 29.5. The second-order valence-electron chi connectivity index (χ2n) is 12.2. The van der Waals surface area contributed by atoms with Gasteiger partial charge in [-0.05, 0) is 62.6 Å². The summed E-state index contributed by atoms with van der Waals surface area (Å²) >= 11 is 7.86. The van der Waals surface area contributed by atoms with E-state index in [4.69, 9.17) is 16.3 Å². The summed E-state index contributed by atoms with van der Waals surface area (Å²) in [5.74, 6) is -0.185. The zero-order valence-corrected chi connectivity index (χ0v) is 26.4. The predicted octanol–water partition coefficient (Wildman–Crippen LogP) is 6.69. The molecule has 1 N–H and O–H groups in total. The third-order valence-electron chi connectivity index (χ3n) is 7.13. The van der Waals surface area contributed by atoms with Crippen molar-refractivity contribution in [3.63, 3.8) is 0 Å². The molecule has 3 aromatic rings. The van der Waals surface area contributed by atoms with Crippen LogP contribution in [0.15, 0.2) is 47.4 Å². The number of carboxylic acid groups (broad SMARTS) is 1. The Hall–Kier alpha value is -2.20. The van der Waals surface area contributed by atoms with Gasteiger partial charge in [0.2, 0.25) is 10.0 Å². The molecule has 2 heterocycles. The predicted molar refractivity (Wildman–Crippen MR) is 163 cm³/mol. The van der Waals surface area contributed by atoms with Crippen molar-refractivity contribution in [2.24, 2.45) is 5.41 Å². The Morgan fingerprint density at radius 2 is 1.80 bits per heavy atom. The summed E-state index contributed by atoms with van der Waals surface area (Å²) in [6, 6.07) is 13.5. The lowest BCUT2D eigenvalue weighted by molar-refractivity contribution is -0.146. The molecule has 2 aromatic carbocycles. The molecule has 0 bridgehead atoms. The highest BCUT2D eigenvalue weighted by Gasteiger charge is 2.34. The van der Waals surface area contributed by atoms with Crippen molar-refractivity contribution in [2.75, 3.05) is 19.4 Å². The molecular weight excluding hydrogens is 568 g/mol. The zero-order valence-electron chi connectivity index (χ0n) is 24.0. The van der Waals surface area contributed by atoms with Crippen LogP contribution in [0.3, 0.4) is 0 Å². The first kappa shape index (κ1) is 30.8. The van der Waals surface area contributed by atoms with Crippen molar-refractivity contribution in [3.05, 3.63) is 58.7 Å². The molecule has 0 radical (unpaired) electrons. The standard InChI is InChI=1S/C30H39ClN2O5S2/c1-29(2,3)39-27-24-16-23(38-19-22-8-7-15-33(22)40(6,36)37)13-14-25(24)32(18-20-9-11-21(31)12-10-20)26(27)17-30(4,5)28(34)35/h9-14,16,22H,7-8,15,17-19H2,1-6H3,(H,34,35)/t22-/m0/s1. The molecule has 218 valence electrons. The molecular formula is C30H39ClN2O5S2. The Kier molecular flexibility index (Phi) is 8.91. The SMILES string of the molecule is CC(C)(C)Sc1c(CC(C)(C)C(=O)O)n(Cc2ccc(Cl)cc2)c2ccc(OC[C@@H]3CCCN3S(C)(=O)=O)cc12. The van der Waals surface area contributed by atoms with E-state index in [1.807, 2.05) is 42.5 Å². The van der Waals surface area contributed by atoms with E-state index in [1.54, 1.807) is 25.6 Å². The maximum atomic E-state index is 12.2. The molecule has 1 aromatic heterocycles. The lowest BCUT2D eigenvalue weighted by atomic mass is 9.88. The third kappa shape index (κ3) is 7.16. The summed E-state index contributed by atoms with van der Waals surface area (Å²) < 4.78 is 34.2. The Balaban J connectivity index is 1.80.